The highest BCUT2D eigenvalue weighted by Gasteiger charge is 2.21. The van der Waals surface area contributed by atoms with Gasteiger partial charge in [0.25, 0.3) is 0 Å². The van der Waals surface area contributed by atoms with E-state index in [1.165, 1.54) is 0 Å². The minimum atomic E-state index is 0.0432. The summed E-state index contributed by atoms with van der Waals surface area (Å²) in [6, 6.07) is 0.0432. The van der Waals surface area contributed by atoms with Crippen LogP contribution in [0.2, 0.25) is 0 Å². The Kier molecular flexibility index (Phi) is 4.69. The first-order valence-corrected chi connectivity index (χ1v) is 5.08. The Labute approximate surface area is 84.5 Å². The Morgan fingerprint density at radius 2 is 2.36 bits per heavy atom. The number of hydrogen-bond donors (Lipinski definition) is 2. The zero-order valence-electron chi connectivity index (χ0n) is 8.65. The van der Waals surface area contributed by atoms with Gasteiger partial charge in [-0.1, -0.05) is 12.1 Å². The Hall–Kier alpha value is -0.810. The van der Waals surface area contributed by atoms with Gasteiger partial charge in [0, 0.05) is 19.7 Å². The third-order valence-electron chi connectivity index (χ3n) is 2.54. The maximum atomic E-state index is 8.64. The van der Waals surface area contributed by atoms with Crippen molar-refractivity contribution in [3.8, 4) is 0 Å². The van der Waals surface area contributed by atoms with Gasteiger partial charge in [-0.2, -0.15) is 0 Å². The molecular formula is C9H19N3O2. The Balaban J connectivity index is 2.57. The molecule has 1 atom stereocenters. The smallest absolute Gasteiger partial charge is 0.156 e. The predicted octanol–water partition coefficient (Wildman–Crippen LogP) is 0.234. The van der Waals surface area contributed by atoms with Gasteiger partial charge in [-0.3, -0.25) is 4.90 Å². The van der Waals surface area contributed by atoms with Crippen molar-refractivity contribution in [2.24, 2.45) is 10.9 Å². The monoisotopic (exact) mass is 201 g/mol. The van der Waals surface area contributed by atoms with E-state index in [1.807, 2.05) is 6.92 Å². The van der Waals surface area contributed by atoms with Crippen LogP contribution in [0.15, 0.2) is 5.16 Å². The van der Waals surface area contributed by atoms with Crippen molar-refractivity contribution in [1.29, 1.82) is 0 Å². The highest BCUT2D eigenvalue weighted by atomic mass is 16.5. The van der Waals surface area contributed by atoms with E-state index in [4.69, 9.17) is 15.7 Å². The van der Waals surface area contributed by atoms with Crippen LogP contribution in [0.1, 0.15) is 19.8 Å². The molecule has 1 aliphatic rings. The lowest BCUT2D eigenvalue weighted by Gasteiger charge is -2.27. The molecule has 1 fully saturated rings. The van der Waals surface area contributed by atoms with Crippen LogP contribution in [-0.2, 0) is 4.74 Å². The van der Waals surface area contributed by atoms with E-state index in [1.54, 1.807) is 0 Å². The molecule has 0 amide bonds. The standard InChI is InChI=1S/C9H19N3O2/c1-2-8(9(10)11-13)12-4-3-6-14-7-5-12/h8,13H,2-7H2,1H3,(H2,10,11). The first-order chi connectivity index (χ1) is 6.79. The molecule has 1 rings (SSSR count). The van der Waals surface area contributed by atoms with Crippen molar-refractivity contribution < 1.29 is 9.94 Å². The van der Waals surface area contributed by atoms with E-state index in [0.29, 0.717) is 5.84 Å². The number of amidine groups is 1. The summed E-state index contributed by atoms with van der Waals surface area (Å²) in [7, 11) is 0. The average molecular weight is 201 g/mol. The van der Waals surface area contributed by atoms with Gasteiger partial charge in [-0.05, 0) is 12.8 Å². The van der Waals surface area contributed by atoms with Crippen LogP contribution in [0.5, 0.6) is 0 Å². The second kappa shape index (κ2) is 5.82. The van der Waals surface area contributed by atoms with Gasteiger partial charge >= 0.3 is 0 Å². The van der Waals surface area contributed by atoms with Crippen molar-refractivity contribution in [3.05, 3.63) is 0 Å². The molecule has 0 saturated carbocycles. The predicted molar refractivity (Wildman–Crippen MR) is 54.5 cm³/mol. The second-order valence-electron chi connectivity index (χ2n) is 3.45. The summed E-state index contributed by atoms with van der Waals surface area (Å²) in [6.45, 7) is 5.39. The number of hydrogen-bond acceptors (Lipinski definition) is 4. The Morgan fingerprint density at radius 3 is 3.00 bits per heavy atom. The molecule has 0 bridgehead atoms. The van der Waals surface area contributed by atoms with Crippen molar-refractivity contribution in [1.82, 2.24) is 4.90 Å². The quantitative estimate of drug-likeness (QED) is 0.297. The van der Waals surface area contributed by atoms with Crippen molar-refractivity contribution in [2.75, 3.05) is 26.3 Å². The largest absolute Gasteiger partial charge is 0.409 e. The van der Waals surface area contributed by atoms with Crippen molar-refractivity contribution in [3.63, 3.8) is 0 Å². The molecule has 0 aromatic heterocycles. The maximum absolute atomic E-state index is 8.64. The summed E-state index contributed by atoms with van der Waals surface area (Å²) in [4.78, 5) is 2.21. The fourth-order valence-corrected chi connectivity index (χ4v) is 1.80. The molecule has 0 aliphatic carbocycles. The van der Waals surface area contributed by atoms with Crippen LogP contribution in [-0.4, -0.2) is 48.3 Å². The van der Waals surface area contributed by atoms with E-state index in [-0.39, 0.29) is 6.04 Å². The van der Waals surface area contributed by atoms with Crippen LogP contribution in [0.4, 0.5) is 0 Å². The average Bonchev–Trinajstić information content (AvgIpc) is 2.47. The third kappa shape index (κ3) is 2.85. The molecule has 5 heteroatoms. The second-order valence-corrected chi connectivity index (χ2v) is 3.45. The first-order valence-electron chi connectivity index (χ1n) is 5.08. The van der Waals surface area contributed by atoms with Gasteiger partial charge in [0.2, 0.25) is 0 Å². The maximum Gasteiger partial charge on any atom is 0.156 e. The van der Waals surface area contributed by atoms with Crippen LogP contribution < -0.4 is 5.73 Å². The van der Waals surface area contributed by atoms with Crippen LogP contribution in [0.3, 0.4) is 0 Å². The van der Waals surface area contributed by atoms with Gasteiger partial charge in [-0.25, -0.2) is 0 Å². The number of rotatable bonds is 3. The fourth-order valence-electron chi connectivity index (χ4n) is 1.80. The molecule has 82 valence electrons. The lowest BCUT2D eigenvalue weighted by atomic mass is 10.1. The summed E-state index contributed by atoms with van der Waals surface area (Å²) in [5, 5.41) is 11.7. The molecule has 0 spiro atoms. The van der Waals surface area contributed by atoms with Crippen LogP contribution in [0, 0.1) is 0 Å². The minimum absolute atomic E-state index is 0.0432. The highest BCUT2D eigenvalue weighted by molar-refractivity contribution is 5.85. The zero-order chi connectivity index (χ0) is 10.4. The molecule has 1 heterocycles. The third-order valence-corrected chi connectivity index (χ3v) is 2.54. The van der Waals surface area contributed by atoms with E-state index in [0.717, 1.165) is 39.1 Å². The normalized spacial score (nSPS) is 23.1. The van der Waals surface area contributed by atoms with E-state index in [9.17, 15) is 0 Å². The van der Waals surface area contributed by atoms with Gasteiger partial charge in [-0.15, -0.1) is 0 Å². The van der Waals surface area contributed by atoms with Gasteiger partial charge in [0.1, 0.15) is 0 Å². The lowest BCUT2D eigenvalue weighted by Crippen LogP contribution is -2.45. The topological polar surface area (TPSA) is 71.1 Å². The zero-order valence-corrected chi connectivity index (χ0v) is 8.65. The molecule has 3 N–H and O–H groups in total. The molecule has 1 unspecified atom stereocenters. The van der Waals surface area contributed by atoms with Crippen LogP contribution >= 0.6 is 0 Å². The molecule has 1 aliphatic heterocycles. The van der Waals surface area contributed by atoms with Gasteiger partial charge < -0.3 is 15.7 Å². The summed E-state index contributed by atoms with van der Waals surface area (Å²) in [6.07, 6.45) is 1.87. The van der Waals surface area contributed by atoms with E-state index in [2.05, 4.69) is 10.1 Å². The molecular weight excluding hydrogens is 182 g/mol. The van der Waals surface area contributed by atoms with Crippen LogP contribution in [0.25, 0.3) is 0 Å². The minimum Gasteiger partial charge on any atom is -0.409 e. The number of ether oxygens (including phenoxy) is 1. The summed E-state index contributed by atoms with van der Waals surface area (Å²) in [5.74, 6) is 0.300. The molecule has 0 radical (unpaired) electrons. The molecule has 1 saturated heterocycles. The van der Waals surface area contributed by atoms with E-state index >= 15 is 0 Å². The Bertz CT molecular complexity index is 188. The lowest BCUT2D eigenvalue weighted by molar-refractivity contribution is 0.137. The SMILES string of the molecule is CCC(/C(N)=N/O)N1CCCOCC1. The Morgan fingerprint density at radius 1 is 1.57 bits per heavy atom. The number of nitrogens with zero attached hydrogens (tertiary/aromatic N) is 2. The fraction of sp³-hybridized carbons (Fsp3) is 0.889. The highest BCUT2D eigenvalue weighted by Crippen LogP contribution is 2.08. The summed E-state index contributed by atoms with van der Waals surface area (Å²) in [5.41, 5.74) is 5.63. The molecule has 0 aromatic carbocycles. The van der Waals surface area contributed by atoms with Gasteiger partial charge in [0.05, 0.1) is 12.6 Å². The molecule has 14 heavy (non-hydrogen) atoms. The van der Waals surface area contributed by atoms with Crippen molar-refractivity contribution in [2.45, 2.75) is 25.8 Å². The molecule has 0 aromatic rings. The summed E-state index contributed by atoms with van der Waals surface area (Å²) >= 11 is 0. The number of oxime groups is 1. The summed E-state index contributed by atoms with van der Waals surface area (Å²) < 4.78 is 5.35. The van der Waals surface area contributed by atoms with Crippen molar-refractivity contribution >= 4 is 5.84 Å². The van der Waals surface area contributed by atoms with E-state index < -0.39 is 0 Å². The number of nitrogens with two attached hydrogens (primary N) is 1. The molecule has 5 nitrogen and oxygen atoms in total. The van der Waals surface area contributed by atoms with Gasteiger partial charge in [0.15, 0.2) is 5.84 Å². The first kappa shape index (κ1) is 11.3.